The van der Waals surface area contributed by atoms with Crippen LogP contribution in [0.1, 0.15) is 22.3 Å². The van der Waals surface area contributed by atoms with Crippen LogP contribution < -0.4 is 9.46 Å². The van der Waals surface area contributed by atoms with Crippen LogP contribution in [0.4, 0.5) is 4.39 Å². The van der Waals surface area contributed by atoms with Gasteiger partial charge in [-0.1, -0.05) is 18.2 Å². The van der Waals surface area contributed by atoms with Crippen molar-refractivity contribution in [3.8, 4) is 5.75 Å². The highest BCUT2D eigenvalue weighted by Crippen LogP contribution is 2.24. The average molecular weight is 337 g/mol. The van der Waals surface area contributed by atoms with Crippen LogP contribution in [0.5, 0.6) is 5.75 Å². The highest BCUT2D eigenvalue weighted by Gasteiger charge is 2.13. The van der Waals surface area contributed by atoms with E-state index in [0.717, 1.165) is 22.4 Å². The summed E-state index contributed by atoms with van der Waals surface area (Å²) in [6.07, 6.45) is 0. The third-order valence-electron chi connectivity index (χ3n) is 3.82. The molecule has 0 fully saturated rings. The smallest absolute Gasteiger partial charge is 0.216 e. The predicted molar refractivity (Wildman–Crippen MR) is 88.3 cm³/mol. The SMILES string of the molecule is COc1ccc(CNS(=O)(=O)Cc2ccc(F)cc2)c(C)c1C. The lowest BCUT2D eigenvalue weighted by molar-refractivity contribution is 0.411. The number of rotatable bonds is 6. The molecule has 0 amide bonds. The van der Waals surface area contributed by atoms with Gasteiger partial charge in [-0.2, -0.15) is 0 Å². The molecule has 0 bridgehead atoms. The largest absolute Gasteiger partial charge is 0.496 e. The number of halogens is 1. The Bertz CT molecular complexity index is 786. The van der Waals surface area contributed by atoms with Gasteiger partial charge in [-0.3, -0.25) is 0 Å². The van der Waals surface area contributed by atoms with Crippen molar-refractivity contribution in [1.82, 2.24) is 4.72 Å². The maximum Gasteiger partial charge on any atom is 0.216 e. The first kappa shape index (κ1) is 17.4. The highest BCUT2D eigenvalue weighted by atomic mass is 32.2. The molecule has 23 heavy (non-hydrogen) atoms. The fourth-order valence-corrected chi connectivity index (χ4v) is 3.41. The summed E-state index contributed by atoms with van der Waals surface area (Å²) in [5.74, 6) is 0.213. The van der Waals surface area contributed by atoms with Crippen LogP contribution in [0.2, 0.25) is 0 Å². The molecule has 0 aliphatic carbocycles. The zero-order valence-electron chi connectivity index (χ0n) is 13.4. The van der Waals surface area contributed by atoms with E-state index in [4.69, 9.17) is 4.74 Å². The number of sulfonamides is 1. The number of benzene rings is 2. The molecule has 0 atom stereocenters. The zero-order valence-corrected chi connectivity index (χ0v) is 14.2. The highest BCUT2D eigenvalue weighted by molar-refractivity contribution is 7.88. The first-order chi connectivity index (χ1) is 10.8. The standard InChI is InChI=1S/C17H20FNO3S/c1-12-13(2)17(22-3)9-6-15(12)10-19-23(20,21)11-14-4-7-16(18)8-5-14/h4-9,19H,10-11H2,1-3H3. The maximum absolute atomic E-state index is 12.9. The molecule has 2 aromatic carbocycles. The molecule has 124 valence electrons. The van der Waals surface area contributed by atoms with Crippen LogP contribution in [0, 0.1) is 19.7 Å². The van der Waals surface area contributed by atoms with Crippen LogP contribution >= 0.6 is 0 Å². The van der Waals surface area contributed by atoms with E-state index in [1.807, 2.05) is 26.0 Å². The van der Waals surface area contributed by atoms with Crippen LogP contribution in [0.25, 0.3) is 0 Å². The van der Waals surface area contributed by atoms with E-state index in [-0.39, 0.29) is 18.1 Å². The Morgan fingerprint density at radius 1 is 1.04 bits per heavy atom. The Kier molecular flexibility index (Phi) is 5.38. The normalized spacial score (nSPS) is 11.5. The summed E-state index contributed by atoms with van der Waals surface area (Å²) in [6.45, 7) is 4.08. The summed E-state index contributed by atoms with van der Waals surface area (Å²) in [7, 11) is -1.89. The van der Waals surface area contributed by atoms with Crippen molar-refractivity contribution < 1.29 is 17.5 Å². The first-order valence-electron chi connectivity index (χ1n) is 7.17. The van der Waals surface area contributed by atoms with Gasteiger partial charge >= 0.3 is 0 Å². The third kappa shape index (κ3) is 4.53. The molecule has 0 heterocycles. The van der Waals surface area contributed by atoms with Gasteiger partial charge in [0.1, 0.15) is 11.6 Å². The number of nitrogens with one attached hydrogen (secondary N) is 1. The van der Waals surface area contributed by atoms with Gasteiger partial charge < -0.3 is 4.74 Å². The Morgan fingerprint density at radius 3 is 2.30 bits per heavy atom. The minimum absolute atomic E-state index is 0.179. The van der Waals surface area contributed by atoms with Crippen molar-refractivity contribution in [2.75, 3.05) is 7.11 Å². The van der Waals surface area contributed by atoms with Crippen LogP contribution in [-0.4, -0.2) is 15.5 Å². The molecular formula is C17H20FNO3S. The molecule has 0 unspecified atom stereocenters. The van der Waals surface area contributed by atoms with Crippen LogP contribution in [-0.2, 0) is 22.3 Å². The minimum Gasteiger partial charge on any atom is -0.496 e. The molecule has 1 N–H and O–H groups in total. The van der Waals surface area contributed by atoms with Gasteiger partial charge in [-0.05, 0) is 54.3 Å². The lowest BCUT2D eigenvalue weighted by atomic mass is 10.0. The molecule has 2 aromatic rings. The van der Waals surface area contributed by atoms with E-state index in [0.29, 0.717) is 5.56 Å². The molecule has 2 rings (SSSR count). The van der Waals surface area contributed by atoms with E-state index < -0.39 is 10.0 Å². The minimum atomic E-state index is -3.49. The fourth-order valence-electron chi connectivity index (χ4n) is 2.30. The van der Waals surface area contributed by atoms with Crippen molar-refractivity contribution in [2.45, 2.75) is 26.1 Å². The van der Waals surface area contributed by atoms with Gasteiger partial charge in [0, 0.05) is 6.54 Å². The second-order valence-electron chi connectivity index (χ2n) is 5.38. The summed E-state index contributed by atoms with van der Waals surface area (Å²) < 4.78 is 45.0. The monoisotopic (exact) mass is 337 g/mol. The van der Waals surface area contributed by atoms with Gasteiger partial charge in [0.2, 0.25) is 10.0 Å². The second-order valence-corrected chi connectivity index (χ2v) is 7.19. The van der Waals surface area contributed by atoms with Crippen molar-refractivity contribution >= 4 is 10.0 Å². The van der Waals surface area contributed by atoms with Crippen LogP contribution in [0.15, 0.2) is 36.4 Å². The Labute approximate surface area is 136 Å². The average Bonchev–Trinajstić information content (AvgIpc) is 2.51. The van der Waals surface area contributed by atoms with Crippen molar-refractivity contribution in [3.05, 3.63) is 64.5 Å². The molecule has 0 aromatic heterocycles. The summed E-state index contributed by atoms with van der Waals surface area (Å²) >= 11 is 0. The quantitative estimate of drug-likeness (QED) is 0.881. The third-order valence-corrected chi connectivity index (χ3v) is 5.12. The lowest BCUT2D eigenvalue weighted by Crippen LogP contribution is -2.25. The molecule has 4 nitrogen and oxygen atoms in total. The van der Waals surface area contributed by atoms with Gasteiger partial charge in [0.25, 0.3) is 0 Å². The first-order valence-corrected chi connectivity index (χ1v) is 8.82. The van der Waals surface area contributed by atoms with E-state index in [1.165, 1.54) is 24.3 Å². The Morgan fingerprint density at radius 2 is 1.70 bits per heavy atom. The molecule has 0 aliphatic heterocycles. The number of methoxy groups -OCH3 is 1. The number of hydrogen-bond acceptors (Lipinski definition) is 3. The van der Waals surface area contributed by atoms with E-state index >= 15 is 0 Å². The summed E-state index contributed by atoms with van der Waals surface area (Å²) in [6, 6.07) is 9.12. The van der Waals surface area contributed by atoms with E-state index in [1.54, 1.807) is 7.11 Å². The Balaban J connectivity index is 2.07. The predicted octanol–water partition coefficient (Wildman–Crippen LogP) is 3.07. The topological polar surface area (TPSA) is 55.4 Å². The molecule has 0 saturated heterocycles. The molecule has 0 spiro atoms. The van der Waals surface area contributed by atoms with E-state index in [2.05, 4.69) is 4.72 Å². The van der Waals surface area contributed by atoms with Gasteiger partial charge in [-0.25, -0.2) is 17.5 Å². The van der Waals surface area contributed by atoms with Gasteiger partial charge in [-0.15, -0.1) is 0 Å². The van der Waals surface area contributed by atoms with E-state index in [9.17, 15) is 12.8 Å². The van der Waals surface area contributed by atoms with Gasteiger partial charge in [0.15, 0.2) is 0 Å². The summed E-state index contributed by atoms with van der Waals surface area (Å²) in [5.41, 5.74) is 3.42. The van der Waals surface area contributed by atoms with Gasteiger partial charge in [0.05, 0.1) is 12.9 Å². The number of hydrogen-bond donors (Lipinski definition) is 1. The molecule has 0 aliphatic rings. The fraction of sp³-hybridized carbons (Fsp3) is 0.294. The lowest BCUT2D eigenvalue weighted by Gasteiger charge is -2.13. The van der Waals surface area contributed by atoms with Crippen molar-refractivity contribution in [1.29, 1.82) is 0 Å². The summed E-state index contributed by atoms with van der Waals surface area (Å²) in [4.78, 5) is 0. The second kappa shape index (κ2) is 7.10. The number of ether oxygens (including phenoxy) is 1. The molecule has 0 saturated carbocycles. The maximum atomic E-state index is 12.9. The van der Waals surface area contributed by atoms with Crippen molar-refractivity contribution in [3.63, 3.8) is 0 Å². The molecular weight excluding hydrogens is 317 g/mol. The van der Waals surface area contributed by atoms with Crippen molar-refractivity contribution in [2.24, 2.45) is 0 Å². The van der Waals surface area contributed by atoms with Crippen LogP contribution in [0.3, 0.4) is 0 Å². The summed E-state index contributed by atoms with van der Waals surface area (Å²) in [5, 5.41) is 0. The molecule has 0 radical (unpaired) electrons. The zero-order chi connectivity index (χ0) is 17.0. The Hall–Kier alpha value is -1.92. The molecule has 6 heteroatoms.